The first-order chi connectivity index (χ1) is 12.4. The molecule has 142 valence electrons. The smallest absolute Gasteiger partial charge is 0.321 e. The zero-order chi connectivity index (χ0) is 19.1. The van der Waals surface area contributed by atoms with Crippen LogP contribution in [0.2, 0.25) is 0 Å². The molecule has 0 saturated heterocycles. The highest BCUT2D eigenvalue weighted by atomic mass is 19.1. The molecule has 1 aliphatic carbocycles. The number of benzene rings is 1. The number of hydrogen-bond donors (Lipinski definition) is 2. The third kappa shape index (κ3) is 5.01. The van der Waals surface area contributed by atoms with Gasteiger partial charge in [-0.05, 0) is 31.4 Å². The first-order valence-corrected chi connectivity index (χ1v) is 8.57. The van der Waals surface area contributed by atoms with Gasteiger partial charge in [0.05, 0.1) is 5.56 Å². The predicted molar refractivity (Wildman–Crippen MR) is 91.9 cm³/mol. The number of hydrogen-bond acceptors (Lipinski definition) is 5. The molecule has 0 aliphatic heterocycles. The van der Waals surface area contributed by atoms with Gasteiger partial charge in [0.25, 0.3) is 5.91 Å². The van der Waals surface area contributed by atoms with Crippen LogP contribution in [0.25, 0.3) is 0 Å². The number of imide groups is 1. The average Bonchev–Trinajstić information content (AvgIpc) is 2.90. The van der Waals surface area contributed by atoms with E-state index in [4.69, 9.17) is 9.47 Å². The van der Waals surface area contributed by atoms with Crippen molar-refractivity contribution in [2.75, 3.05) is 26.4 Å². The zero-order valence-corrected chi connectivity index (χ0v) is 14.9. The van der Waals surface area contributed by atoms with Crippen LogP contribution in [0, 0.1) is 5.82 Å². The van der Waals surface area contributed by atoms with Gasteiger partial charge in [-0.1, -0.05) is 6.92 Å². The average molecular weight is 366 g/mol. The van der Waals surface area contributed by atoms with Gasteiger partial charge in [0, 0.05) is 31.7 Å². The molecule has 1 aliphatic rings. The molecule has 1 aromatic carbocycles. The fraction of sp³-hybridized carbons (Fsp3) is 0.500. The molecule has 0 heterocycles. The Kier molecular flexibility index (Phi) is 7.08. The summed E-state index contributed by atoms with van der Waals surface area (Å²) >= 11 is 0. The molecule has 1 atom stereocenters. The highest BCUT2D eigenvalue weighted by molar-refractivity contribution is 6.04. The number of halogens is 1. The molecule has 0 spiro atoms. The molecule has 0 radical (unpaired) electrons. The van der Waals surface area contributed by atoms with E-state index in [0.717, 1.165) is 0 Å². The summed E-state index contributed by atoms with van der Waals surface area (Å²) in [6.07, 6.45) is 0.844. The normalized spacial score (nSPS) is 15.5. The molecule has 3 amide bonds. The van der Waals surface area contributed by atoms with E-state index in [9.17, 15) is 18.8 Å². The van der Waals surface area contributed by atoms with Gasteiger partial charge in [-0.15, -0.1) is 0 Å². The Balaban J connectivity index is 1.83. The van der Waals surface area contributed by atoms with E-state index in [1.54, 1.807) is 6.92 Å². The molecule has 0 aromatic heterocycles. The molecule has 1 unspecified atom stereocenters. The Hall–Kier alpha value is -2.48. The van der Waals surface area contributed by atoms with E-state index in [2.05, 4.69) is 10.6 Å². The highest BCUT2D eigenvalue weighted by Gasteiger charge is 2.32. The number of nitrogens with one attached hydrogen (secondary N) is 2. The number of rotatable bonds is 8. The van der Waals surface area contributed by atoms with Crippen molar-refractivity contribution in [3.05, 3.63) is 29.1 Å². The lowest BCUT2D eigenvalue weighted by Gasteiger charge is -2.12. The van der Waals surface area contributed by atoms with Crippen molar-refractivity contribution in [1.29, 1.82) is 0 Å². The maximum Gasteiger partial charge on any atom is 0.321 e. The van der Waals surface area contributed by atoms with Crippen molar-refractivity contribution in [2.45, 2.75) is 32.6 Å². The second kappa shape index (κ2) is 9.28. The van der Waals surface area contributed by atoms with Crippen molar-refractivity contribution in [3.63, 3.8) is 0 Å². The number of urea groups is 1. The first-order valence-electron chi connectivity index (χ1n) is 8.57. The lowest BCUT2D eigenvalue weighted by Crippen LogP contribution is -2.42. The topological polar surface area (TPSA) is 93.7 Å². The van der Waals surface area contributed by atoms with E-state index in [1.165, 1.54) is 12.1 Å². The maximum atomic E-state index is 13.9. The second-order valence-electron chi connectivity index (χ2n) is 6.01. The molecule has 0 fully saturated rings. The van der Waals surface area contributed by atoms with Crippen LogP contribution >= 0.6 is 0 Å². The number of ether oxygens (including phenoxy) is 2. The number of carbonyl (C=O) groups excluding carboxylic acids is 3. The molecule has 2 rings (SSSR count). The molecule has 2 N–H and O–H groups in total. The monoisotopic (exact) mass is 366 g/mol. The van der Waals surface area contributed by atoms with Crippen molar-refractivity contribution in [3.8, 4) is 5.75 Å². The standard InChI is InChI=1S/C18H23FN2O5/c1-3-25-8-4-7-20-18(24)21-15(23)10-26-14-6-5-12(19)16-11(2)9-13(22)17(14)16/h5-6,11H,3-4,7-10H2,1-2H3,(H2,20,21,23,24). The van der Waals surface area contributed by atoms with Crippen molar-refractivity contribution < 1.29 is 28.2 Å². The Morgan fingerprint density at radius 1 is 1.35 bits per heavy atom. The Labute approximate surface area is 151 Å². The van der Waals surface area contributed by atoms with Crippen LogP contribution in [0.3, 0.4) is 0 Å². The van der Waals surface area contributed by atoms with Crippen LogP contribution in [0.4, 0.5) is 9.18 Å². The van der Waals surface area contributed by atoms with Crippen LogP contribution in [-0.2, 0) is 9.53 Å². The van der Waals surface area contributed by atoms with Crippen LogP contribution in [0.5, 0.6) is 5.75 Å². The maximum absolute atomic E-state index is 13.9. The van der Waals surface area contributed by atoms with Crippen LogP contribution in [0.1, 0.15) is 48.5 Å². The van der Waals surface area contributed by atoms with Crippen LogP contribution < -0.4 is 15.4 Å². The molecule has 1 aromatic rings. The Bertz CT molecular complexity index is 692. The van der Waals surface area contributed by atoms with Crippen LogP contribution in [0.15, 0.2) is 12.1 Å². The number of carbonyl (C=O) groups is 3. The fourth-order valence-corrected chi connectivity index (χ4v) is 2.82. The highest BCUT2D eigenvalue weighted by Crippen LogP contribution is 2.39. The predicted octanol–water partition coefficient (Wildman–Crippen LogP) is 2.15. The summed E-state index contributed by atoms with van der Waals surface area (Å²) in [5.74, 6) is -1.40. The Morgan fingerprint density at radius 3 is 2.85 bits per heavy atom. The third-order valence-electron chi connectivity index (χ3n) is 3.98. The summed E-state index contributed by atoms with van der Waals surface area (Å²) in [5.41, 5.74) is 0.505. The van der Waals surface area contributed by atoms with Crippen molar-refractivity contribution in [1.82, 2.24) is 10.6 Å². The summed E-state index contributed by atoms with van der Waals surface area (Å²) in [6.45, 7) is 4.69. The van der Waals surface area contributed by atoms with Gasteiger partial charge in [0.1, 0.15) is 11.6 Å². The van der Waals surface area contributed by atoms with Gasteiger partial charge in [0.2, 0.25) is 0 Å². The molecular weight excluding hydrogens is 343 g/mol. The second-order valence-corrected chi connectivity index (χ2v) is 6.01. The SMILES string of the molecule is CCOCCCNC(=O)NC(=O)COc1ccc(F)c2c1C(=O)CC2C. The van der Waals surface area contributed by atoms with Gasteiger partial charge in [-0.25, -0.2) is 9.18 Å². The Morgan fingerprint density at radius 2 is 2.12 bits per heavy atom. The summed E-state index contributed by atoms with van der Waals surface area (Å²) in [6, 6.07) is 1.90. The lowest BCUT2D eigenvalue weighted by molar-refractivity contribution is -0.122. The number of Topliss-reactive ketones (excluding diaryl/α,β-unsaturated/α-hetero) is 1. The van der Waals surface area contributed by atoms with Crippen LogP contribution in [-0.4, -0.2) is 44.1 Å². The summed E-state index contributed by atoms with van der Waals surface area (Å²) < 4.78 is 24.4. The minimum absolute atomic E-state index is 0.156. The first kappa shape index (κ1) is 19.8. The van der Waals surface area contributed by atoms with Gasteiger partial charge in [-0.2, -0.15) is 0 Å². The molecular formula is C18H23FN2O5. The largest absolute Gasteiger partial charge is 0.483 e. The minimum atomic E-state index is -0.663. The number of ketones is 1. The number of amides is 3. The van der Waals surface area contributed by atoms with E-state index in [-0.39, 0.29) is 29.4 Å². The third-order valence-corrected chi connectivity index (χ3v) is 3.98. The van der Waals surface area contributed by atoms with E-state index in [0.29, 0.717) is 31.7 Å². The lowest BCUT2D eigenvalue weighted by atomic mass is 10.0. The van der Waals surface area contributed by atoms with E-state index in [1.807, 2.05) is 6.92 Å². The van der Waals surface area contributed by atoms with Gasteiger partial charge >= 0.3 is 6.03 Å². The molecule has 0 saturated carbocycles. The van der Waals surface area contributed by atoms with Gasteiger partial charge < -0.3 is 14.8 Å². The summed E-state index contributed by atoms with van der Waals surface area (Å²) in [5, 5.41) is 4.65. The van der Waals surface area contributed by atoms with Gasteiger partial charge in [0.15, 0.2) is 12.4 Å². The summed E-state index contributed by atoms with van der Waals surface area (Å²) in [7, 11) is 0. The summed E-state index contributed by atoms with van der Waals surface area (Å²) in [4.78, 5) is 35.4. The molecule has 26 heavy (non-hydrogen) atoms. The zero-order valence-electron chi connectivity index (χ0n) is 14.9. The molecule has 0 bridgehead atoms. The van der Waals surface area contributed by atoms with Crippen molar-refractivity contribution in [2.24, 2.45) is 0 Å². The number of fused-ring (bicyclic) bond motifs is 1. The molecule has 7 nitrogen and oxygen atoms in total. The minimum Gasteiger partial charge on any atom is -0.483 e. The van der Waals surface area contributed by atoms with E-state index < -0.39 is 24.4 Å². The quantitative estimate of drug-likeness (QED) is 0.688. The van der Waals surface area contributed by atoms with Crippen molar-refractivity contribution >= 4 is 17.7 Å². The molecule has 8 heteroatoms. The fourth-order valence-electron chi connectivity index (χ4n) is 2.82. The van der Waals surface area contributed by atoms with Gasteiger partial charge in [-0.3, -0.25) is 14.9 Å². The van der Waals surface area contributed by atoms with E-state index >= 15 is 0 Å².